The van der Waals surface area contributed by atoms with Gasteiger partial charge in [-0.15, -0.1) is 0 Å². The molecule has 13 heavy (non-hydrogen) atoms. The minimum Gasteiger partial charge on any atom is -0.341 e. The zero-order valence-corrected chi connectivity index (χ0v) is 9.00. The van der Waals surface area contributed by atoms with Crippen molar-refractivity contribution in [1.29, 1.82) is 0 Å². The number of hydrogen-bond acceptors (Lipinski definition) is 1. The van der Waals surface area contributed by atoms with Crippen LogP contribution in [0.15, 0.2) is 24.3 Å². The van der Waals surface area contributed by atoms with Crippen molar-refractivity contribution in [2.45, 2.75) is 12.8 Å². The van der Waals surface area contributed by atoms with Crippen LogP contribution in [0.25, 0.3) is 0 Å². The van der Waals surface area contributed by atoms with Gasteiger partial charge < -0.3 is 5.09 Å². The van der Waals surface area contributed by atoms with E-state index in [9.17, 15) is 4.79 Å². The van der Waals surface area contributed by atoms with E-state index in [-0.39, 0.29) is 5.91 Å². The number of carbonyl (C=O) groups excluding carboxylic acids is 1. The molecule has 1 N–H and O–H groups in total. The lowest BCUT2D eigenvalue weighted by Gasteiger charge is -2.02. The molecule has 0 saturated heterocycles. The summed E-state index contributed by atoms with van der Waals surface area (Å²) in [6.45, 7) is 0. The van der Waals surface area contributed by atoms with Gasteiger partial charge in [-0.05, 0) is 27.4 Å². The van der Waals surface area contributed by atoms with Gasteiger partial charge in [0.2, 0.25) is 5.91 Å². The molecular formula is C9H11ClNOP. The monoisotopic (exact) mass is 215 g/mol. The topological polar surface area (TPSA) is 29.1 Å². The molecule has 1 amide bonds. The molecule has 1 unspecified atom stereocenters. The molecule has 4 heteroatoms. The summed E-state index contributed by atoms with van der Waals surface area (Å²) < 4.78 is 0. The maximum absolute atomic E-state index is 10.9. The Morgan fingerprint density at radius 2 is 2.15 bits per heavy atom. The van der Waals surface area contributed by atoms with Gasteiger partial charge in [-0.1, -0.05) is 29.8 Å². The van der Waals surface area contributed by atoms with Crippen LogP contribution in [0.1, 0.15) is 12.0 Å². The van der Waals surface area contributed by atoms with Crippen molar-refractivity contribution in [1.82, 2.24) is 5.09 Å². The number of carbonyl (C=O) groups is 1. The highest BCUT2D eigenvalue weighted by molar-refractivity contribution is 7.15. The molecule has 0 aliphatic carbocycles. The smallest absolute Gasteiger partial charge is 0.223 e. The summed E-state index contributed by atoms with van der Waals surface area (Å²) >= 11 is 5.91. The minimum atomic E-state index is 0.00456. The summed E-state index contributed by atoms with van der Waals surface area (Å²) in [5, 5.41) is 3.21. The molecule has 0 aliphatic heterocycles. The maximum atomic E-state index is 10.9. The van der Waals surface area contributed by atoms with Crippen LogP contribution in [0.3, 0.4) is 0 Å². The first-order valence-corrected chi connectivity index (χ1v) is 4.92. The Morgan fingerprint density at radius 3 is 2.77 bits per heavy atom. The van der Waals surface area contributed by atoms with E-state index in [0.29, 0.717) is 12.8 Å². The predicted molar refractivity (Wildman–Crippen MR) is 57.6 cm³/mol. The fourth-order valence-corrected chi connectivity index (χ4v) is 1.40. The molecule has 0 radical (unpaired) electrons. The molecule has 0 aliphatic rings. The van der Waals surface area contributed by atoms with Crippen LogP contribution in [0.4, 0.5) is 0 Å². The lowest BCUT2D eigenvalue weighted by atomic mass is 10.1. The van der Waals surface area contributed by atoms with E-state index in [0.717, 1.165) is 10.6 Å². The molecule has 0 spiro atoms. The third-order valence-electron chi connectivity index (χ3n) is 1.74. The summed E-state index contributed by atoms with van der Waals surface area (Å²) in [6.07, 6.45) is 1.15. The zero-order chi connectivity index (χ0) is 9.68. The molecule has 0 aromatic heterocycles. The lowest BCUT2D eigenvalue weighted by Crippen LogP contribution is -2.12. The van der Waals surface area contributed by atoms with E-state index < -0.39 is 0 Å². The molecule has 1 aromatic rings. The fraction of sp³-hybridized carbons (Fsp3) is 0.222. The SMILES string of the molecule is O=C(CCc1ccccc1Cl)NP. The second kappa shape index (κ2) is 5.21. The third-order valence-corrected chi connectivity index (χ3v) is 2.43. The minimum absolute atomic E-state index is 0.00456. The summed E-state index contributed by atoms with van der Waals surface area (Å²) in [6, 6.07) is 7.55. The number of rotatable bonds is 3. The van der Waals surface area contributed by atoms with Gasteiger partial charge in [0.05, 0.1) is 0 Å². The van der Waals surface area contributed by atoms with Crippen LogP contribution in [0.5, 0.6) is 0 Å². The molecule has 0 heterocycles. The molecule has 0 saturated carbocycles. The highest BCUT2D eigenvalue weighted by atomic mass is 35.5. The molecule has 2 nitrogen and oxygen atoms in total. The Labute approximate surface area is 84.9 Å². The number of halogens is 1. The average Bonchev–Trinajstić information content (AvgIpc) is 2.16. The Kier molecular flexibility index (Phi) is 4.20. The number of hydrogen-bond donors (Lipinski definition) is 1. The zero-order valence-electron chi connectivity index (χ0n) is 7.09. The van der Waals surface area contributed by atoms with Crippen molar-refractivity contribution in [2.75, 3.05) is 0 Å². The first-order valence-electron chi connectivity index (χ1n) is 3.97. The largest absolute Gasteiger partial charge is 0.341 e. The van der Waals surface area contributed by atoms with Gasteiger partial charge in [-0.25, -0.2) is 0 Å². The summed E-state index contributed by atoms with van der Waals surface area (Å²) in [4.78, 5) is 10.9. The van der Waals surface area contributed by atoms with Gasteiger partial charge in [-0.3, -0.25) is 4.79 Å². The third kappa shape index (κ3) is 3.33. The second-order valence-corrected chi connectivity index (χ2v) is 3.35. The van der Waals surface area contributed by atoms with Gasteiger partial charge in [0, 0.05) is 11.4 Å². The van der Waals surface area contributed by atoms with Crippen LogP contribution < -0.4 is 5.09 Å². The summed E-state index contributed by atoms with van der Waals surface area (Å²) in [5.74, 6) is 0.00456. The van der Waals surface area contributed by atoms with Crippen LogP contribution in [0, 0.1) is 0 Å². The van der Waals surface area contributed by atoms with Crippen molar-refractivity contribution in [3.63, 3.8) is 0 Å². The molecule has 1 aromatic carbocycles. The number of nitrogens with one attached hydrogen (secondary N) is 1. The van der Waals surface area contributed by atoms with E-state index in [4.69, 9.17) is 11.6 Å². The van der Waals surface area contributed by atoms with Crippen molar-refractivity contribution >= 4 is 26.9 Å². The summed E-state index contributed by atoms with van der Waals surface area (Å²) in [5.41, 5.74) is 1.01. The molecule has 0 fully saturated rings. The maximum Gasteiger partial charge on any atom is 0.223 e. The van der Waals surface area contributed by atoms with Crippen molar-refractivity contribution < 1.29 is 4.79 Å². The Hall–Kier alpha value is -0.590. The molecule has 1 rings (SSSR count). The number of benzene rings is 1. The fourth-order valence-electron chi connectivity index (χ4n) is 1.02. The Balaban J connectivity index is 2.54. The van der Waals surface area contributed by atoms with E-state index in [2.05, 4.69) is 14.5 Å². The van der Waals surface area contributed by atoms with E-state index in [1.165, 1.54) is 0 Å². The Bertz CT molecular complexity index is 303. The molecule has 70 valence electrons. The first-order chi connectivity index (χ1) is 6.24. The molecular weight excluding hydrogens is 205 g/mol. The van der Waals surface area contributed by atoms with Crippen LogP contribution in [-0.4, -0.2) is 5.91 Å². The van der Waals surface area contributed by atoms with E-state index in [1.54, 1.807) is 0 Å². The molecule has 0 bridgehead atoms. The Morgan fingerprint density at radius 1 is 1.46 bits per heavy atom. The van der Waals surface area contributed by atoms with Gasteiger partial charge in [0.1, 0.15) is 0 Å². The molecule has 1 atom stereocenters. The van der Waals surface area contributed by atoms with Gasteiger partial charge in [-0.2, -0.15) is 0 Å². The first kappa shape index (κ1) is 10.5. The highest BCUT2D eigenvalue weighted by Crippen LogP contribution is 2.16. The standard InChI is InChI=1S/C9H11ClNOP/c10-8-4-2-1-3-7(8)5-6-9(12)11-13/h1-4H,5-6,13H2,(H,11,12). The average molecular weight is 216 g/mol. The van der Waals surface area contributed by atoms with Crippen LogP contribution in [-0.2, 0) is 11.2 Å². The van der Waals surface area contributed by atoms with Crippen LogP contribution >= 0.6 is 21.0 Å². The van der Waals surface area contributed by atoms with E-state index >= 15 is 0 Å². The van der Waals surface area contributed by atoms with Crippen molar-refractivity contribution in [3.05, 3.63) is 34.9 Å². The van der Waals surface area contributed by atoms with Gasteiger partial charge in [0.15, 0.2) is 0 Å². The predicted octanol–water partition coefficient (Wildman–Crippen LogP) is 2.18. The van der Waals surface area contributed by atoms with E-state index in [1.807, 2.05) is 24.3 Å². The second-order valence-electron chi connectivity index (χ2n) is 2.66. The lowest BCUT2D eigenvalue weighted by molar-refractivity contribution is -0.119. The highest BCUT2D eigenvalue weighted by Gasteiger charge is 2.02. The summed E-state index contributed by atoms with van der Waals surface area (Å²) in [7, 11) is 2.19. The van der Waals surface area contributed by atoms with Gasteiger partial charge >= 0.3 is 0 Å². The number of amides is 1. The van der Waals surface area contributed by atoms with Crippen molar-refractivity contribution in [2.24, 2.45) is 0 Å². The van der Waals surface area contributed by atoms with Crippen LogP contribution in [0.2, 0.25) is 5.02 Å². The van der Waals surface area contributed by atoms with Gasteiger partial charge in [0.25, 0.3) is 0 Å². The number of aryl methyl sites for hydroxylation is 1. The normalized spacial score (nSPS) is 9.69. The van der Waals surface area contributed by atoms with Crippen molar-refractivity contribution in [3.8, 4) is 0 Å². The quantitative estimate of drug-likeness (QED) is 0.770.